The molecule has 0 bridgehead atoms. The van der Waals surface area contributed by atoms with Crippen LogP contribution in [0, 0.1) is 0 Å². The monoisotopic (exact) mass is 462 g/mol. The van der Waals surface area contributed by atoms with Crippen LogP contribution in [0.1, 0.15) is 46.7 Å². The molecule has 0 unspecified atom stereocenters. The Hall–Kier alpha value is -2.36. The molecule has 172 valence electrons. The van der Waals surface area contributed by atoms with E-state index in [1.54, 1.807) is 14.1 Å². The summed E-state index contributed by atoms with van der Waals surface area (Å²) in [6.45, 7) is 0. The lowest BCUT2D eigenvalue weighted by Crippen LogP contribution is -2.26. The van der Waals surface area contributed by atoms with Gasteiger partial charge in [0.05, 0.1) is 10.9 Å². The van der Waals surface area contributed by atoms with Crippen molar-refractivity contribution in [3.05, 3.63) is 58.1 Å². The van der Waals surface area contributed by atoms with E-state index in [2.05, 4.69) is 15.7 Å². The molecule has 0 radical (unpaired) electrons. The predicted octanol–water partition coefficient (Wildman–Crippen LogP) is 4.46. The fraction of sp³-hybridized carbons (Fsp3) is 0.435. The molecule has 2 atom stereocenters. The first-order valence-electron chi connectivity index (χ1n) is 10.7. The molecule has 4 rings (SSSR count). The van der Waals surface area contributed by atoms with Gasteiger partial charge in [-0.05, 0) is 92.6 Å². The van der Waals surface area contributed by atoms with Gasteiger partial charge < -0.3 is 5.32 Å². The summed E-state index contributed by atoms with van der Waals surface area (Å²) in [5.41, 5.74) is 5.98. The zero-order chi connectivity index (χ0) is 23.0. The maximum absolute atomic E-state index is 13.3. The van der Waals surface area contributed by atoms with Crippen molar-refractivity contribution in [2.24, 2.45) is 9.50 Å². The van der Waals surface area contributed by atoms with Gasteiger partial charge in [-0.3, -0.25) is 4.90 Å². The van der Waals surface area contributed by atoms with Crippen LogP contribution in [-0.2, 0) is 35.6 Å². The number of hydrogen-bond donors (Lipinski definition) is 2. The summed E-state index contributed by atoms with van der Waals surface area (Å²) < 4.78 is 43.5. The van der Waals surface area contributed by atoms with Crippen molar-refractivity contribution in [2.45, 2.75) is 55.9 Å². The van der Waals surface area contributed by atoms with Crippen molar-refractivity contribution in [3.8, 4) is 0 Å². The summed E-state index contributed by atoms with van der Waals surface area (Å²) in [5, 5.41) is 8.76. The van der Waals surface area contributed by atoms with Crippen LogP contribution in [0.5, 0.6) is 0 Å². The molecule has 9 heteroatoms. The van der Waals surface area contributed by atoms with Crippen LogP contribution in [0.2, 0.25) is 0 Å². The third-order valence-electron chi connectivity index (χ3n) is 6.28. The second-order valence-corrected chi connectivity index (χ2v) is 10.4. The molecule has 2 aromatic rings. The van der Waals surface area contributed by atoms with E-state index in [0.29, 0.717) is 5.56 Å². The van der Waals surface area contributed by atoms with Gasteiger partial charge in [0.1, 0.15) is 9.92 Å². The SMILES string of the molecule is CN(C)[C@H](c1ccc([S@](N)(=O)=NC(=O)Nc2c3c(cc4c2CCC4)CCC3)cc1)C(F)F. The highest BCUT2D eigenvalue weighted by atomic mass is 32.2. The van der Waals surface area contributed by atoms with Gasteiger partial charge in [-0.2, -0.15) is 0 Å². The zero-order valence-electron chi connectivity index (χ0n) is 18.2. The molecule has 0 aliphatic heterocycles. The van der Waals surface area contributed by atoms with Crippen molar-refractivity contribution in [3.63, 3.8) is 0 Å². The Balaban J connectivity index is 1.59. The average molecular weight is 463 g/mol. The molecule has 0 saturated heterocycles. The summed E-state index contributed by atoms with van der Waals surface area (Å²) in [6.07, 6.45) is 3.30. The molecule has 2 aromatic carbocycles. The summed E-state index contributed by atoms with van der Waals surface area (Å²) >= 11 is 0. The smallest absolute Gasteiger partial charge is 0.305 e. The van der Waals surface area contributed by atoms with Crippen LogP contribution in [-0.4, -0.2) is 35.7 Å². The van der Waals surface area contributed by atoms with Gasteiger partial charge in [-0.15, -0.1) is 4.36 Å². The molecular weight excluding hydrogens is 434 g/mol. The van der Waals surface area contributed by atoms with E-state index in [4.69, 9.17) is 5.14 Å². The number of fused-ring (bicyclic) bond motifs is 2. The number of rotatable bonds is 5. The maximum atomic E-state index is 13.3. The van der Waals surface area contributed by atoms with Gasteiger partial charge in [-0.1, -0.05) is 18.2 Å². The van der Waals surface area contributed by atoms with Crippen LogP contribution in [0.4, 0.5) is 19.3 Å². The van der Waals surface area contributed by atoms with E-state index in [1.807, 2.05) is 0 Å². The molecule has 6 nitrogen and oxygen atoms in total. The number of nitrogens with two attached hydrogens (primary N) is 1. The zero-order valence-corrected chi connectivity index (χ0v) is 19.1. The minimum atomic E-state index is -3.53. The van der Waals surface area contributed by atoms with Crippen molar-refractivity contribution < 1.29 is 17.8 Å². The number of amides is 2. The highest BCUT2D eigenvalue weighted by Gasteiger charge is 2.26. The minimum absolute atomic E-state index is 0.117. The van der Waals surface area contributed by atoms with Crippen LogP contribution < -0.4 is 10.5 Å². The fourth-order valence-electron chi connectivity index (χ4n) is 4.80. The summed E-state index contributed by atoms with van der Waals surface area (Å²) in [6, 6.07) is 6.09. The van der Waals surface area contributed by atoms with Crippen LogP contribution in [0.15, 0.2) is 39.6 Å². The van der Waals surface area contributed by atoms with Gasteiger partial charge in [0.25, 0.3) is 6.43 Å². The normalized spacial score (nSPS) is 17.7. The van der Waals surface area contributed by atoms with E-state index in [-0.39, 0.29) is 4.90 Å². The van der Waals surface area contributed by atoms with Gasteiger partial charge in [-0.25, -0.2) is 22.9 Å². The Morgan fingerprint density at radius 3 is 2.12 bits per heavy atom. The quantitative estimate of drug-likeness (QED) is 0.688. The third-order valence-corrected chi connectivity index (χ3v) is 7.66. The van der Waals surface area contributed by atoms with Gasteiger partial charge >= 0.3 is 6.03 Å². The molecule has 0 heterocycles. The van der Waals surface area contributed by atoms with Crippen molar-refractivity contribution in [2.75, 3.05) is 19.4 Å². The molecule has 2 amide bonds. The van der Waals surface area contributed by atoms with Crippen molar-refractivity contribution in [1.29, 1.82) is 0 Å². The number of carbonyl (C=O) groups excluding carboxylic acids is 1. The Morgan fingerprint density at radius 2 is 1.62 bits per heavy atom. The Bertz CT molecular complexity index is 1120. The number of alkyl halides is 2. The summed E-state index contributed by atoms with van der Waals surface area (Å²) in [4.78, 5) is 14.2. The first kappa shape index (κ1) is 22.8. The molecule has 3 N–H and O–H groups in total. The number of hydrogen-bond acceptors (Lipinski definition) is 3. The van der Waals surface area contributed by atoms with Crippen LogP contribution in [0.25, 0.3) is 0 Å². The Labute approximate surface area is 187 Å². The molecule has 32 heavy (non-hydrogen) atoms. The van der Waals surface area contributed by atoms with Crippen molar-refractivity contribution >= 4 is 21.6 Å². The van der Waals surface area contributed by atoms with Gasteiger partial charge in [0.15, 0.2) is 0 Å². The number of urea groups is 1. The lowest BCUT2D eigenvalue weighted by Gasteiger charge is -2.24. The summed E-state index contributed by atoms with van der Waals surface area (Å²) in [5.74, 6) is 0. The topological polar surface area (TPSA) is 87.8 Å². The molecule has 0 saturated carbocycles. The standard InChI is InChI=1S/C23H28F2N4O2S/c1-29(2)21(22(24)25)14-9-11-17(12-10-14)32(26,31)28-23(30)27-20-18-7-3-5-15(18)13-16-6-4-8-19(16)20/h9-13,21-22H,3-8H2,1-2H3,(H3,26,27,28,30,31)/t21-,32-/m1/s1. The van der Waals surface area contributed by atoms with E-state index in [0.717, 1.165) is 55.3 Å². The molecule has 0 spiro atoms. The van der Waals surface area contributed by atoms with Crippen LogP contribution in [0.3, 0.4) is 0 Å². The van der Waals surface area contributed by atoms with Crippen molar-refractivity contribution in [1.82, 2.24) is 4.90 Å². The average Bonchev–Trinajstić information content (AvgIpc) is 3.36. The van der Waals surface area contributed by atoms with Gasteiger partial charge in [0.2, 0.25) is 0 Å². The fourth-order valence-corrected chi connectivity index (χ4v) is 5.73. The minimum Gasteiger partial charge on any atom is -0.305 e. The number of halogens is 2. The number of anilines is 1. The number of nitrogens with one attached hydrogen (secondary N) is 1. The summed E-state index contributed by atoms with van der Waals surface area (Å²) in [7, 11) is -0.403. The number of benzene rings is 2. The van der Waals surface area contributed by atoms with Crippen LogP contribution >= 0.6 is 0 Å². The molecule has 2 aliphatic rings. The first-order chi connectivity index (χ1) is 15.2. The Kier molecular flexibility index (Phi) is 6.33. The van der Waals surface area contributed by atoms with E-state index in [9.17, 15) is 17.8 Å². The van der Waals surface area contributed by atoms with E-state index >= 15 is 0 Å². The van der Waals surface area contributed by atoms with E-state index < -0.39 is 28.4 Å². The molecule has 0 fully saturated rings. The predicted molar refractivity (Wildman–Crippen MR) is 121 cm³/mol. The lowest BCUT2D eigenvalue weighted by molar-refractivity contribution is 0.0488. The highest BCUT2D eigenvalue weighted by molar-refractivity contribution is 7.91. The van der Waals surface area contributed by atoms with E-state index in [1.165, 1.54) is 40.3 Å². The number of nitrogens with zero attached hydrogens (tertiary/aromatic N) is 2. The first-order valence-corrected chi connectivity index (χ1v) is 12.3. The second-order valence-electron chi connectivity index (χ2n) is 8.64. The largest absolute Gasteiger partial charge is 0.354 e. The number of aryl methyl sites for hydroxylation is 2. The number of carbonyl (C=O) groups is 1. The molecule has 2 aliphatic carbocycles. The maximum Gasteiger partial charge on any atom is 0.354 e. The Morgan fingerprint density at radius 1 is 1.06 bits per heavy atom. The highest BCUT2D eigenvalue weighted by Crippen LogP contribution is 2.38. The second kappa shape index (κ2) is 8.88. The lowest BCUT2D eigenvalue weighted by atomic mass is 9.99. The van der Waals surface area contributed by atoms with Gasteiger partial charge in [0, 0.05) is 5.69 Å². The molecular formula is C23H28F2N4O2S. The third kappa shape index (κ3) is 4.42. The molecule has 0 aromatic heterocycles.